The summed E-state index contributed by atoms with van der Waals surface area (Å²) in [6.07, 6.45) is -0.240. The Labute approximate surface area is 166 Å². The maximum absolute atomic E-state index is 12.8. The van der Waals surface area contributed by atoms with Crippen LogP contribution in [0.1, 0.15) is 23.2 Å². The normalized spacial score (nSPS) is 10.3. The van der Waals surface area contributed by atoms with Gasteiger partial charge in [0, 0.05) is 20.9 Å². The van der Waals surface area contributed by atoms with Crippen LogP contribution in [0.3, 0.4) is 0 Å². The van der Waals surface area contributed by atoms with Crippen LogP contribution in [0.15, 0.2) is 51.4 Å². The van der Waals surface area contributed by atoms with Crippen LogP contribution in [-0.4, -0.2) is 24.3 Å². The molecule has 2 aromatic rings. The maximum atomic E-state index is 12.8. The Balaban J connectivity index is 1.74. The number of hydrogen-bond donors (Lipinski definition) is 1. The monoisotopic (exact) mass is 485 g/mol. The van der Waals surface area contributed by atoms with E-state index in [9.17, 15) is 18.8 Å². The van der Waals surface area contributed by atoms with Gasteiger partial charge in [-0.25, -0.2) is 4.39 Å². The predicted octanol–water partition coefficient (Wildman–Crippen LogP) is 4.50. The van der Waals surface area contributed by atoms with E-state index in [0.717, 1.165) is 4.47 Å². The Kier molecular flexibility index (Phi) is 7.47. The third-order valence-electron chi connectivity index (χ3n) is 3.29. The SMILES string of the molecule is O=C(COC(=O)CCC(=O)c1ccc(F)cc1)Nc1ccc(Br)cc1Br. The molecule has 0 spiro atoms. The molecule has 0 aliphatic heterocycles. The first-order valence-corrected chi connectivity index (χ1v) is 9.13. The van der Waals surface area contributed by atoms with Crippen LogP contribution in [0.25, 0.3) is 0 Å². The first-order valence-electron chi connectivity index (χ1n) is 7.54. The Morgan fingerprint density at radius 2 is 1.69 bits per heavy atom. The lowest BCUT2D eigenvalue weighted by atomic mass is 10.1. The Hall–Kier alpha value is -2.06. The van der Waals surface area contributed by atoms with E-state index in [1.165, 1.54) is 24.3 Å². The number of carbonyl (C=O) groups is 3. The van der Waals surface area contributed by atoms with Crippen LogP contribution in [-0.2, 0) is 14.3 Å². The molecule has 0 bridgehead atoms. The lowest BCUT2D eigenvalue weighted by Gasteiger charge is -2.08. The molecular formula is C18H14Br2FNO4. The van der Waals surface area contributed by atoms with E-state index in [2.05, 4.69) is 37.2 Å². The first-order chi connectivity index (χ1) is 12.3. The number of anilines is 1. The molecule has 0 atom stereocenters. The van der Waals surface area contributed by atoms with Gasteiger partial charge in [0.25, 0.3) is 5.91 Å². The van der Waals surface area contributed by atoms with E-state index in [-0.39, 0.29) is 18.6 Å². The molecule has 136 valence electrons. The smallest absolute Gasteiger partial charge is 0.306 e. The molecule has 0 heterocycles. The minimum atomic E-state index is -0.662. The van der Waals surface area contributed by atoms with E-state index in [0.29, 0.717) is 15.7 Å². The molecule has 0 saturated heterocycles. The van der Waals surface area contributed by atoms with Crippen LogP contribution in [0, 0.1) is 5.82 Å². The van der Waals surface area contributed by atoms with E-state index in [1.54, 1.807) is 18.2 Å². The quantitative estimate of drug-likeness (QED) is 0.462. The first kappa shape index (κ1) is 20.3. The predicted molar refractivity (Wildman–Crippen MR) is 101 cm³/mol. The van der Waals surface area contributed by atoms with Crippen molar-refractivity contribution in [1.29, 1.82) is 0 Å². The Morgan fingerprint density at radius 1 is 1.00 bits per heavy atom. The largest absolute Gasteiger partial charge is 0.456 e. The van der Waals surface area contributed by atoms with Gasteiger partial charge in [-0.1, -0.05) is 15.9 Å². The van der Waals surface area contributed by atoms with E-state index in [4.69, 9.17) is 4.74 Å². The van der Waals surface area contributed by atoms with Crippen LogP contribution in [0.4, 0.5) is 10.1 Å². The van der Waals surface area contributed by atoms with Crippen molar-refractivity contribution in [2.24, 2.45) is 0 Å². The minimum Gasteiger partial charge on any atom is -0.456 e. The summed E-state index contributed by atoms with van der Waals surface area (Å²) >= 11 is 6.61. The number of nitrogens with one attached hydrogen (secondary N) is 1. The molecule has 0 fully saturated rings. The van der Waals surface area contributed by atoms with Gasteiger partial charge in [0.1, 0.15) is 5.82 Å². The molecule has 2 rings (SSSR count). The minimum absolute atomic E-state index is 0.0790. The van der Waals surface area contributed by atoms with Gasteiger partial charge in [-0.3, -0.25) is 14.4 Å². The second-order valence-corrected chi connectivity index (χ2v) is 7.03. The zero-order valence-electron chi connectivity index (χ0n) is 13.4. The van der Waals surface area contributed by atoms with Gasteiger partial charge in [0.2, 0.25) is 0 Å². The van der Waals surface area contributed by atoms with Crippen molar-refractivity contribution in [3.8, 4) is 0 Å². The van der Waals surface area contributed by atoms with E-state index < -0.39 is 24.3 Å². The van der Waals surface area contributed by atoms with Gasteiger partial charge >= 0.3 is 5.97 Å². The number of ether oxygens (including phenoxy) is 1. The zero-order valence-corrected chi connectivity index (χ0v) is 16.6. The summed E-state index contributed by atoms with van der Waals surface area (Å²) < 4.78 is 19.2. The van der Waals surface area contributed by atoms with Gasteiger partial charge in [-0.05, 0) is 58.4 Å². The molecular weight excluding hydrogens is 473 g/mol. The second-order valence-electron chi connectivity index (χ2n) is 5.26. The third kappa shape index (κ3) is 6.34. The number of benzene rings is 2. The fourth-order valence-corrected chi connectivity index (χ4v) is 3.14. The molecule has 5 nitrogen and oxygen atoms in total. The Morgan fingerprint density at radius 3 is 2.35 bits per heavy atom. The van der Waals surface area contributed by atoms with Gasteiger partial charge in [-0.2, -0.15) is 0 Å². The topological polar surface area (TPSA) is 72.5 Å². The average molecular weight is 487 g/mol. The van der Waals surface area contributed by atoms with Crippen LogP contribution in [0.2, 0.25) is 0 Å². The van der Waals surface area contributed by atoms with Crippen LogP contribution >= 0.6 is 31.9 Å². The molecule has 8 heteroatoms. The second kappa shape index (κ2) is 9.59. The van der Waals surface area contributed by atoms with Gasteiger partial charge in [0.05, 0.1) is 12.1 Å². The molecule has 0 aliphatic carbocycles. The van der Waals surface area contributed by atoms with Crippen LogP contribution < -0.4 is 5.32 Å². The summed E-state index contributed by atoms with van der Waals surface area (Å²) in [5.41, 5.74) is 0.859. The number of carbonyl (C=O) groups excluding carboxylic acids is 3. The van der Waals surface area contributed by atoms with Gasteiger partial charge < -0.3 is 10.1 Å². The molecule has 0 aliphatic rings. The third-order valence-corrected chi connectivity index (χ3v) is 4.44. The van der Waals surface area contributed by atoms with Crippen molar-refractivity contribution >= 4 is 55.2 Å². The van der Waals surface area contributed by atoms with E-state index >= 15 is 0 Å². The summed E-state index contributed by atoms with van der Waals surface area (Å²) in [4.78, 5) is 35.4. The number of amides is 1. The fourth-order valence-electron chi connectivity index (χ4n) is 1.99. The van der Waals surface area contributed by atoms with Crippen molar-refractivity contribution in [1.82, 2.24) is 0 Å². The molecule has 0 unspecified atom stereocenters. The fraction of sp³-hybridized carbons (Fsp3) is 0.167. The summed E-state index contributed by atoms with van der Waals surface area (Å²) in [6.45, 7) is -0.452. The molecule has 0 saturated carbocycles. The van der Waals surface area contributed by atoms with Gasteiger partial charge in [-0.15, -0.1) is 0 Å². The average Bonchev–Trinajstić information content (AvgIpc) is 2.61. The lowest BCUT2D eigenvalue weighted by Crippen LogP contribution is -2.21. The number of hydrogen-bond acceptors (Lipinski definition) is 4. The number of esters is 1. The zero-order chi connectivity index (χ0) is 19.1. The number of Topliss-reactive ketones (excluding diaryl/α,β-unsaturated/α-hetero) is 1. The highest BCUT2D eigenvalue weighted by Gasteiger charge is 2.13. The molecule has 2 aromatic carbocycles. The lowest BCUT2D eigenvalue weighted by molar-refractivity contribution is -0.147. The molecule has 0 aromatic heterocycles. The summed E-state index contributed by atoms with van der Waals surface area (Å²) in [7, 11) is 0. The molecule has 26 heavy (non-hydrogen) atoms. The van der Waals surface area contributed by atoms with E-state index in [1.807, 2.05) is 0 Å². The highest BCUT2D eigenvalue weighted by atomic mass is 79.9. The van der Waals surface area contributed by atoms with Crippen molar-refractivity contribution < 1.29 is 23.5 Å². The van der Waals surface area contributed by atoms with Crippen molar-refractivity contribution in [2.45, 2.75) is 12.8 Å². The number of ketones is 1. The van der Waals surface area contributed by atoms with Crippen LogP contribution in [0.5, 0.6) is 0 Å². The highest BCUT2D eigenvalue weighted by Crippen LogP contribution is 2.26. The van der Waals surface area contributed by atoms with Crippen molar-refractivity contribution in [3.63, 3.8) is 0 Å². The Bertz CT molecular complexity index is 824. The van der Waals surface area contributed by atoms with Gasteiger partial charge in [0.15, 0.2) is 12.4 Å². The molecule has 0 radical (unpaired) electrons. The standard InChI is InChI=1S/C18H14Br2FNO4/c19-12-3-6-15(14(20)9-12)22-17(24)10-26-18(25)8-7-16(23)11-1-4-13(21)5-2-11/h1-6,9H,7-8,10H2,(H,22,24). The molecule has 1 N–H and O–H groups in total. The summed E-state index contributed by atoms with van der Waals surface area (Å²) in [6, 6.07) is 10.3. The van der Waals surface area contributed by atoms with Crippen molar-refractivity contribution in [2.75, 3.05) is 11.9 Å². The highest BCUT2D eigenvalue weighted by molar-refractivity contribution is 9.11. The summed E-state index contributed by atoms with van der Waals surface area (Å²) in [5, 5.41) is 2.60. The number of rotatable bonds is 7. The summed E-state index contributed by atoms with van der Waals surface area (Å²) in [5.74, 6) is -1.90. The molecule has 1 amide bonds. The maximum Gasteiger partial charge on any atom is 0.306 e. The van der Waals surface area contributed by atoms with Crippen molar-refractivity contribution in [3.05, 3.63) is 62.8 Å². The number of halogens is 3.